The minimum atomic E-state index is -0.458. The molecule has 2 bridgehead atoms. The lowest BCUT2D eigenvalue weighted by Crippen LogP contribution is -2.49. The van der Waals surface area contributed by atoms with Crippen LogP contribution in [0, 0.1) is 11.8 Å². The van der Waals surface area contributed by atoms with Crippen molar-refractivity contribution in [3.8, 4) is 0 Å². The summed E-state index contributed by atoms with van der Waals surface area (Å²) in [6.45, 7) is 9.57. The topological polar surface area (TPSA) is 41.6 Å². The minimum Gasteiger partial charge on any atom is -0.444 e. The molecule has 4 nitrogen and oxygen atoms in total. The van der Waals surface area contributed by atoms with Gasteiger partial charge in [-0.1, -0.05) is 25.6 Å². The number of carbonyl (C=O) groups is 1. The van der Waals surface area contributed by atoms with Crippen LogP contribution < -0.4 is 5.32 Å². The summed E-state index contributed by atoms with van der Waals surface area (Å²) in [5.41, 5.74) is -0.458. The third kappa shape index (κ3) is 3.02. The van der Waals surface area contributed by atoms with Gasteiger partial charge in [-0.15, -0.1) is 0 Å². The van der Waals surface area contributed by atoms with Gasteiger partial charge in [0.05, 0.1) is 11.0 Å². The maximum absolute atomic E-state index is 12.3. The van der Waals surface area contributed by atoms with E-state index in [4.69, 9.17) is 17.0 Å². The molecule has 1 N–H and O–H groups in total. The van der Waals surface area contributed by atoms with E-state index in [1.807, 2.05) is 25.7 Å². The third-order valence-electron chi connectivity index (χ3n) is 3.96. The van der Waals surface area contributed by atoms with Crippen LogP contribution >= 0.6 is 12.2 Å². The second-order valence-electron chi connectivity index (χ2n) is 6.49. The average Bonchev–Trinajstić information content (AvgIpc) is 2.56. The molecule has 0 aromatic carbocycles. The number of fused-ring (bicyclic) bond motifs is 2. The van der Waals surface area contributed by atoms with Crippen molar-refractivity contribution >= 4 is 23.3 Å². The number of hydrogen-bond donors (Lipinski definition) is 1. The fraction of sp³-hybridized carbons (Fsp3) is 0.857. The number of nitrogens with zero attached hydrogens (tertiary/aromatic N) is 1. The Hall–Kier alpha value is -0.840. The summed E-state index contributed by atoms with van der Waals surface area (Å²) >= 11 is 5.46. The van der Waals surface area contributed by atoms with Gasteiger partial charge >= 0.3 is 6.09 Å². The Labute approximate surface area is 120 Å². The second-order valence-corrected chi connectivity index (χ2v) is 6.93. The van der Waals surface area contributed by atoms with Crippen LogP contribution in [0.1, 0.15) is 40.5 Å². The maximum Gasteiger partial charge on any atom is 0.410 e. The molecule has 19 heavy (non-hydrogen) atoms. The molecule has 2 aliphatic heterocycles. The van der Waals surface area contributed by atoms with Crippen molar-refractivity contribution in [3.63, 3.8) is 0 Å². The van der Waals surface area contributed by atoms with Gasteiger partial charge in [-0.05, 0) is 39.0 Å². The highest BCUT2D eigenvalue weighted by molar-refractivity contribution is 7.80. The van der Waals surface area contributed by atoms with E-state index in [2.05, 4.69) is 12.2 Å². The van der Waals surface area contributed by atoms with E-state index in [0.717, 1.165) is 30.9 Å². The van der Waals surface area contributed by atoms with E-state index in [1.54, 1.807) is 0 Å². The Morgan fingerprint density at radius 1 is 1.53 bits per heavy atom. The summed E-state index contributed by atoms with van der Waals surface area (Å²) in [5, 5.41) is 3.27. The number of rotatable bonds is 1. The molecule has 0 radical (unpaired) electrons. The quantitative estimate of drug-likeness (QED) is 0.751. The number of carbonyl (C=O) groups excluding carboxylic acids is 1. The molecule has 5 heteroatoms. The predicted molar refractivity (Wildman–Crippen MR) is 79.2 cm³/mol. The van der Waals surface area contributed by atoms with Gasteiger partial charge in [0, 0.05) is 13.1 Å². The van der Waals surface area contributed by atoms with Crippen molar-refractivity contribution in [2.45, 2.75) is 52.2 Å². The summed E-state index contributed by atoms with van der Waals surface area (Å²) < 4.78 is 5.51. The molecular formula is C14H24N2O2S. The Balaban J connectivity index is 2.18. The number of ether oxygens (including phenoxy) is 1. The second kappa shape index (κ2) is 5.27. The molecule has 0 aliphatic carbocycles. The lowest BCUT2D eigenvalue weighted by atomic mass is 9.87. The van der Waals surface area contributed by atoms with Crippen molar-refractivity contribution in [2.75, 3.05) is 13.1 Å². The minimum absolute atomic E-state index is 0.0161. The van der Waals surface area contributed by atoms with Gasteiger partial charge in [0.2, 0.25) is 0 Å². The van der Waals surface area contributed by atoms with Crippen molar-refractivity contribution in [1.82, 2.24) is 10.2 Å². The number of hydrogen-bond acceptors (Lipinski definition) is 3. The molecule has 2 heterocycles. The maximum atomic E-state index is 12.3. The standard InChI is InChI=1S/C14H24N2O2S/c1-5-10-9-6-7-15-12(19)11(10)16(8-9)13(17)18-14(2,3)4/h9-11H,5-8H2,1-4H3,(H,15,19). The average molecular weight is 284 g/mol. The van der Waals surface area contributed by atoms with Crippen molar-refractivity contribution in [2.24, 2.45) is 11.8 Å². The molecule has 0 aromatic heterocycles. The van der Waals surface area contributed by atoms with E-state index in [9.17, 15) is 4.79 Å². The van der Waals surface area contributed by atoms with Crippen LogP contribution in [0.25, 0.3) is 0 Å². The van der Waals surface area contributed by atoms with Crippen LogP contribution in [0.15, 0.2) is 0 Å². The summed E-state index contributed by atoms with van der Waals surface area (Å²) in [7, 11) is 0. The monoisotopic (exact) mass is 284 g/mol. The van der Waals surface area contributed by atoms with Gasteiger partial charge in [-0.3, -0.25) is 4.90 Å². The lowest BCUT2D eigenvalue weighted by molar-refractivity contribution is 0.0249. The van der Waals surface area contributed by atoms with Gasteiger partial charge in [-0.25, -0.2) is 4.79 Å². The van der Waals surface area contributed by atoms with Crippen LogP contribution in [0.4, 0.5) is 4.79 Å². The molecule has 2 fully saturated rings. The van der Waals surface area contributed by atoms with E-state index in [-0.39, 0.29) is 12.1 Å². The fourth-order valence-electron chi connectivity index (χ4n) is 3.18. The van der Waals surface area contributed by atoms with Crippen molar-refractivity contribution in [1.29, 1.82) is 0 Å². The zero-order valence-corrected chi connectivity index (χ0v) is 13.0. The highest BCUT2D eigenvalue weighted by Gasteiger charge is 2.47. The van der Waals surface area contributed by atoms with Crippen LogP contribution in [0.3, 0.4) is 0 Å². The first-order valence-electron chi connectivity index (χ1n) is 7.11. The molecule has 0 spiro atoms. The zero-order valence-electron chi connectivity index (χ0n) is 12.2. The Morgan fingerprint density at radius 3 is 2.79 bits per heavy atom. The molecule has 3 unspecified atom stereocenters. The van der Waals surface area contributed by atoms with Gasteiger partial charge in [0.15, 0.2) is 0 Å². The Kier molecular flexibility index (Phi) is 4.04. The molecule has 0 saturated carbocycles. The summed E-state index contributed by atoms with van der Waals surface area (Å²) in [6, 6.07) is 0.0161. The molecular weight excluding hydrogens is 260 g/mol. The van der Waals surface area contributed by atoms with Crippen LogP contribution in [-0.4, -0.2) is 40.7 Å². The number of thiocarbonyl (C=S) groups is 1. The Morgan fingerprint density at radius 2 is 2.21 bits per heavy atom. The molecule has 0 aromatic rings. The normalized spacial score (nSPS) is 30.8. The van der Waals surface area contributed by atoms with Gasteiger partial charge in [0.25, 0.3) is 0 Å². The highest BCUT2D eigenvalue weighted by Crippen LogP contribution is 2.37. The van der Waals surface area contributed by atoms with E-state index >= 15 is 0 Å². The third-order valence-corrected chi connectivity index (χ3v) is 4.35. The summed E-state index contributed by atoms with van der Waals surface area (Å²) in [5.74, 6) is 1.01. The van der Waals surface area contributed by atoms with Crippen molar-refractivity contribution in [3.05, 3.63) is 0 Å². The van der Waals surface area contributed by atoms with E-state index < -0.39 is 5.60 Å². The molecule has 3 atom stereocenters. The number of nitrogens with one attached hydrogen (secondary N) is 1. The first kappa shape index (κ1) is 14.6. The first-order chi connectivity index (χ1) is 8.83. The Bertz CT molecular complexity index is 378. The number of amides is 1. The van der Waals surface area contributed by atoms with Crippen LogP contribution in [-0.2, 0) is 4.74 Å². The zero-order chi connectivity index (χ0) is 14.2. The molecule has 2 rings (SSSR count). The summed E-state index contributed by atoms with van der Waals surface area (Å²) in [6.07, 6.45) is 1.90. The van der Waals surface area contributed by atoms with Gasteiger partial charge < -0.3 is 10.1 Å². The molecule has 1 amide bonds. The van der Waals surface area contributed by atoms with Crippen LogP contribution in [0.2, 0.25) is 0 Å². The SMILES string of the molecule is CCC1C2CCNC(=S)C1N(C(=O)OC(C)(C)C)C2. The number of likely N-dealkylation sites (tertiary alicyclic amines) is 1. The molecule has 2 saturated heterocycles. The van der Waals surface area contributed by atoms with Crippen molar-refractivity contribution < 1.29 is 9.53 Å². The van der Waals surface area contributed by atoms with E-state index in [0.29, 0.717) is 11.8 Å². The van der Waals surface area contributed by atoms with Gasteiger partial charge in [-0.2, -0.15) is 0 Å². The largest absolute Gasteiger partial charge is 0.444 e. The fourth-order valence-corrected chi connectivity index (χ4v) is 3.59. The van der Waals surface area contributed by atoms with Gasteiger partial charge in [0.1, 0.15) is 5.60 Å². The predicted octanol–water partition coefficient (Wildman–Crippen LogP) is 2.57. The molecule has 108 valence electrons. The smallest absolute Gasteiger partial charge is 0.410 e. The highest BCUT2D eigenvalue weighted by atomic mass is 32.1. The summed E-state index contributed by atoms with van der Waals surface area (Å²) in [4.78, 5) is 15.0. The lowest BCUT2D eigenvalue weighted by Gasteiger charge is -2.31. The van der Waals surface area contributed by atoms with Crippen LogP contribution in [0.5, 0.6) is 0 Å². The molecule has 2 aliphatic rings. The first-order valence-corrected chi connectivity index (χ1v) is 7.51. The van der Waals surface area contributed by atoms with E-state index in [1.165, 1.54) is 0 Å².